The summed E-state index contributed by atoms with van der Waals surface area (Å²) in [4.78, 5) is 17.8. The summed E-state index contributed by atoms with van der Waals surface area (Å²) in [6, 6.07) is 0. The van der Waals surface area contributed by atoms with E-state index < -0.39 is 4.92 Å². The molecule has 94 valence electrons. The van der Waals surface area contributed by atoms with Crippen LogP contribution in [0.4, 0.5) is 11.6 Å². The first-order valence-electron chi connectivity index (χ1n) is 5.00. The number of nitrogens with zero attached hydrogens (tertiary/aromatic N) is 3. The second kappa shape index (κ2) is 6.59. The minimum Gasteiger partial charge on any atom is -0.473 e. The van der Waals surface area contributed by atoms with Crippen molar-refractivity contribution in [3.05, 3.63) is 16.3 Å². The van der Waals surface area contributed by atoms with Gasteiger partial charge in [-0.05, 0) is 0 Å². The molecule has 17 heavy (non-hydrogen) atoms. The van der Waals surface area contributed by atoms with Crippen LogP contribution in [0.3, 0.4) is 0 Å². The minimum atomic E-state index is -0.578. The van der Waals surface area contributed by atoms with E-state index in [1.807, 2.05) is 0 Å². The molecule has 0 aromatic carbocycles. The van der Waals surface area contributed by atoms with Gasteiger partial charge in [-0.15, -0.1) is 0 Å². The SMILES string of the molecule is CNc1ncc([N+](=O)[O-])c(OCCCOC)n1. The molecule has 0 bridgehead atoms. The summed E-state index contributed by atoms with van der Waals surface area (Å²) in [5, 5.41) is 13.4. The van der Waals surface area contributed by atoms with Gasteiger partial charge < -0.3 is 14.8 Å². The third-order valence-corrected chi connectivity index (χ3v) is 1.89. The number of hydrogen-bond acceptors (Lipinski definition) is 7. The van der Waals surface area contributed by atoms with Gasteiger partial charge in [-0.2, -0.15) is 4.98 Å². The molecule has 0 saturated heterocycles. The van der Waals surface area contributed by atoms with E-state index in [2.05, 4.69) is 15.3 Å². The first-order chi connectivity index (χ1) is 8.19. The van der Waals surface area contributed by atoms with Crippen LogP contribution in [0.5, 0.6) is 5.88 Å². The summed E-state index contributed by atoms with van der Waals surface area (Å²) in [5.74, 6) is 0.239. The number of hydrogen-bond donors (Lipinski definition) is 1. The Balaban J connectivity index is 2.75. The molecule has 0 saturated carbocycles. The van der Waals surface area contributed by atoms with E-state index in [1.165, 1.54) is 0 Å². The topological polar surface area (TPSA) is 99.4 Å². The van der Waals surface area contributed by atoms with Crippen LogP contribution in [0.15, 0.2) is 6.20 Å². The summed E-state index contributed by atoms with van der Waals surface area (Å²) < 4.78 is 10.1. The Labute approximate surface area is 98.1 Å². The smallest absolute Gasteiger partial charge is 0.349 e. The predicted octanol–water partition coefficient (Wildman–Crippen LogP) is 0.842. The van der Waals surface area contributed by atoms with Gasteiger partial charge in [0.1, 0.15) is 6.20 Å². The molecule has 0 aliphatic carbocycles. The summed E-state index contributed by atoms with van der Waals surface area (Å²) >= 11 is 0. The lowest BCUT2D eigenvalue weighted by Crippen LogP contribution is -2.07. The third kappa shape index (κ3) is 3.83. The number of anilines is 1. The fraction of sp³-hybridized carbons (Fsp3) is 0.556. The Hall–Kier alpha value is -1.96. The predicted molar refractivity (Wildman–Crippen MR) is 60.2 cm³/mol. The molecule has 0 aliphatic rings. The zero-order valence-corrected chi connectivity index (χ0v) is 9.67. The second-order valence-electron chi connectivity index (χ2n) is 3.09. The summed E-state index contributed by atoms with van der Waals surface area (Å²) in [5.41, 5.74) is -0.249. The fourth-order valence-electron chi connectivity index (χ4n) is 1.08. The van der Waals surface area contributed by atoms with Crippen molar-refractivity contribution < 1.29 is 14.4 Å². The molecule has 8 heteroatoms. The van der Waals surface area contributed by atoms with E-state index >= 15 is 0 Å². The first-order valence-corrected chi connectivity index (χ1v) is 5.00. The van der Waals surface area contributed by atoms with Crippen molar-refractivity contribution in [3.63, 3.8) is 0 Å². The van der Waals surface area contributed by atoms with Crippen LogP contribution in [0.25, 0.3) is 0 Å². The van der Waals surface area contributed by atoms with Gasteiger partial charge in [0.15, 0.2) is 0 Å². The number of methoxy groups -OCH3 is 1. The quantitative estimate of drug-likeness (QED) is 0.429. The van der Waals surface area contributed by atoms with Gasteiger partial charge in [0.05, 0.1) is 11.5 Å². The van der Waals surface area contributed by atoms with E-state index in [0.717, 1.165) is 6.20 Å². The zero-order valence-electron chi connectivity index (χ0n) is 9.67. The first kappa shape index (κ1) is 13.1. The summed E-state index contributed by atoms with van der Waals surface area (Å²) in [6.07, 6.45) is 1.75. The van der Waals surface area contributed by atoms with Crippen molar-refractivity contribution in [2.45, 2.75) is 6.42 Å². The molecule has 1 aromatic heterocycles. The number of rotatable bonds is 7. The maximum absolute atomic E-state index is 10.7. The van der Waals surface area contributed by atoms with Gasteiger partial charge in [0.25, 0.3) is 5.88 Å². The maximum atomic E-state index is 10.7. The van der Waals surface area contributed by atoms with Gasteiger partial charge in [-0.25, -0.2) is 4.98 Å². The van der Waals surface area contributed by atoms with Crippen molar-refractivity contribution in [3.8, 4) is 5.88 Å². The lowest BCUT2D eigenvalue weighted by Gasteiger charge is -2.06. The second-order valence-corrected chi connectivity index (χ2v) is 3.09. The molecule has 0 spiro atoms. The molecule has 0 radical (unpaired) electrons. The van der Waals surface area contributed by atoms with Crippen molar-refractivity contribution in [2.24, 2.45) is 0 Å². The number of aromatic nitrogens is 2. The molecular weight excluding hydrogens is 228 g/mol. The van der Waals surface area contributed by atoms with Crippen LogP contribution >= 0.6 is 0 Å². The minimum absolute atomic E-state index is 0.0366. The van der Waals surface area contributed by atoms with Crippen LogP contribution in [0.1, 0.15) is 6.42 Å². The van der Waals surface area contributed by atoms with Crippen LogP contribution in [0, 0.1) is 10.1 Å². The van der Waals surface area contributed by atoms with E-state index in [1.54, 1.807) is 14.2 Å². The van der Waals surface area contributed by atoms with Gasteiger partial charge >= 0.3 is 5.69 Å². The van der Waals surface area contributed by atoms with Crippen LogP contribution in [-0.2, 0) is 4.74 Å². The Bertz CT molecular complexity index is 385. The van der Waals surface area contributed by atoms with E-state index in [0.29, 0.717) is 19.6 Å². The highest BCUT2D eigenvalue weighted by Gasteiger charge is 2.18. The summed E-state index contributed by atoms with van der Waals surface area (Å²) in [6.45, 7) is 0.826. The fourth-order valence-corrected chi connectivity index (χ4v) is 1.08. The number of nitrogens with one attached hydrogen (secondary N) is 1. The van der Waals surface area contributed by atoms with Gasteiger partial charge in [-0.3, -0.25) is 10.1 Å². The lowest BCUT2D eigenvalue weighted by molar-refractivity contribution is -0.386. The van der Waals surface area contributed by atoms with Crippen LogP contribution in [0.2, 0.25) is 0 Å². The average Bonchev–Trinajstić information content (AvgIpc) is 2.34. The zero-order chi connectivity index (χ0) is 12.7. The summed E-state index contributed by atoms with van der Waals surface area (Å²) in [7, 11) is 3.20. The van der Waals surface area contributed by atoms with Crippen molar-refractivity contribution in [2.75, 3.05) is 32.7 Å². The molecule has 0 unspecified atom stereocenters. The van der Waals surface area contributed by atoms with Crippen LogP contribution in [-0.4, -0.2) is 42.3 Å². The highest BCUT2D eigenvalue weighted by molar-refractivity contribution is 5.42. The average molecular weight is 242 g/mol. The molecule has 1 rings (SSSR count). The Morgan fingerprint density at radius 1 is 1.53 bits per heavy atom. The molecular formula is C9H14N4O4. The normalized spacial score (nSPS) is 10.0. The Kier molecular flexibility index (Phi) is 5.08. The molecule has 1 heterocycles. The number of ether oxygens (including phenoxy) is 2. The number of nitro groups is 1. The highest BCUT2D eigenvalue weighted by atomic mass is 16.6. The van der Waals surface area contributed by atoms with Gasteiger partial charge in [-0.1, -0.05) is 0 Å². The van der Waals surface area contributed by atoms with Crippen molar-refractivity contribution in [1.29, 1.82) is 0 Å². The molecule has 0 atom stereocenters. The Morgan fingerprint density at radius 3 is 2.88 bits per heavy atom. The monoisotopic (exact) mass is 242 g/mol. The van der Waals surface area contributed by atoms with Crippen LogP contribution < -0.4 is 10.1 Å². The largest absolute Gasteiger partial charge is 0.473 e. The highest BCUT2D eigenvalue weighted by Crippen LogP contribution is 2.24. The third-order valence-electron chi connectivity index (χ3n) is 1.89. The van der Waals surface area contributed by atoms with Gasteiger partial charge in [0, 0.05) is 27.2 Å². The van der Waals surface area contributed by atoms with E-state index in [4.69, 9.17) is 9.47 Å². The standard InChI is InChI=1S/C9H14N4O4/c1-10-9-11-6-7(13(14)15)8(12-9)17-5-3-4-16-2/h6H,3-5H2,1-2H3,(H,10,11,12). The van der Waals surface area contributed by atoms with Crippen molar-refractivity contribution >= 4 is 11.6 Å². The Morgan fingerprint density at radius 2 is 2.29 bits per heavy atom. The molecule has 8 nitrogen and oxygen atoms in total. The molecule has 0 aliphatic heterocycles. The van der Waals surface area contributed by atoms with E-state index in [-0.39, 0.29) is 17.5 Å². The lowest BCUT2D eigenvalue weighted by atomic mass is 10.5. The molecule has 0 fully saturated rings. The van der Waals surface area contributed by atoms with Crippen molar-refractivity contribution in [1.82, 2.24) is 9.97 Å². The van der Waals surface area contributed by atoms with Gasteiger partial charge in [0.2, 0.25) is 5.95 Å². The van der Waals surface area contributed by atoms with E-state index in [9.17, 15) is 10.1 Å². The molecule has 0 amide bonds. The maximum Gasteiger partial charge on any atom is 0.349 e. The molecule has 1 aromatic rings. The molecule has 1 N–H and O–H groups in total.